The van der Waals surface area contributed by atoms with E-state index in [1.807, 2.05) is 6.92 Å². The van der Waals surface area contributed by atoms with Gasteiger partial charge >= 0.3 is 5.97 Å². The molecular weight excluding hydrogens is 198 g/mol. The van der Waals surface area contributed by atoms with Crippen LogP contribution in [0.2, 0.25) is 0 Å². The Morgan fingerprint density at radius 1 is 1.27 bits per heavy atom. The largest absolute Gasteiger partial charge is 0.480 e. The highest BCUT2D eigenvalue weighted by molar-refractivity contribution is 5.95. The normalized spacial score (nSPS) is 8.87. The average Bonchev–Trinajstić information content (AvgIpc) is 2.15. The fourth-order valence-corrected chi connectivity index (χ4v) is 0.963. The first-order chi connectivity index (χ1) is 6.59. The zero-order valence-corrected chi connectivity index (χ0v) is 8.28. The standard InChI is InChI=1S/C10H11NO3.H2O/c1-7-2-4-8(5-3-7)10(14)11-6-9(12)13;/h2-5H,6H2,1H3,(H,11,14)(H,12,13);1H2. The second-order valence-electron chi connectivity index (χ2n) is 2.94. The van der Waals surface area contributed by atoms with E-state index in [2.05, 4.69) is 5.32 Å². The number of benzene rings is 1. The predicted octanol–water partition coefficient (Wildman–Crippen LogP) is -0.0153. The maximum absolute atomic E-state index is 11.3. The second kappa shape index (κ2) is 5.77. The van der Waals surface area contributed by atoms with Crippen molar-refractivity contribution < 1.29 is 20.2 Å². The Balaban J connectivity index is 0.00000196. The zero-order valence-electron chi connectivity index (χ0n) is 8.28. The number of hydrogen-bond acceptors (Lipinski definition) is 2. The lowest BCUT2D eigenvalue weighted by molar-refractivity contribution is -0.135. The summed E-state index contributed by atoms with van der Waals surface area (Å²) in [4.78, 5) is 21.5. The molecule has 0 fully saturated rings. The Labute approximate surface area is 87.0 Å². The molecule has 0 aliphatic rings. The molecule has 0 aromatic heterocycles. The van der Waals surface area contributed by atoms with Gasteiger partial charge in [-0.05, 0) is 19.1 Å². The molecular formula is C10H13NO4. The number of rotatable bonds is 3. The minimum absolute atomic E-state index is 0. The van der Waals surface area contributed by atoms with Crippen molar-refractivity contribution in [3.05, 3.63) is 35.4 Å². The molecule has 1 rings (SSSR count). The van der Waals surface area contributed by atoms with E-state index >= 15 is 0 Å². The van der Waals surface area contributed by atoms with Crippen LogP contribution in [0.1, 0.15) is 15.9 Å². The molecule has 0 saturated heterocycles. The van der Waals surface area contributed by atoms with Gasteiger partial charge in [-0.15, -0.1) is 0 Å². The van der Waals surface area contributed by atoms with Crippen molar-refractivity contribution in [3.63, 3.8) is 0 Å². The van der Waals surface area contributed by atoms with E-state index < -0.39 is 5.97 Å². The van der Waals surface area contributed by atoms with Gasteiger partial charge in [-0.3, -0.25) is 9.59 Å². The monoisotopic (exact) mass is 211 g/mol. The fourth-order valence-electron chi connectivity index (χ4n) is 0.963. The summed E-state index contributed by atoms with van der Waals surface area (Å²) in [5.41, 5.74) is 1.52. The number of nitrogens with one attached hydrogen (secondary N) is 1. The van der Waals surface area contributed by atoms with E-state index in [9.17, 15) is 9.59 Å². The average molecular weight is 211 g/mol. The Morgan fingerprint density at radius 2 is 1.80 bits per heavy atom. The van der Waals surface area contributed by atoms with Gasteiger partial charge in [0.05, 0.1) is 0 Å². The molecule has 1 aromatic rings. The molecule has 1 aromatic carbocycles. The van der Waals surface area contributed by atoms with Crippen LogP contribution in [-0.4, -0.2) is 29.0 Å². The van der Waals surface area contributed by atoms with Crippen molar-refractivity contribution in [1.82, 2.24) is 5.32 Å². The summed E-state index contributed by atoms with van der Waals surface area (Å²) in [7, 11) is 0. The smallest absolute Gasteiger partial charge is 0.322 e. The molecule has 5 nitrogen and oxygen atoms in total. The fraction of sp³-hybridized carbons (Fsp3) is 0.200. The van der Waals surface area contributed by atoms with Gasteiger partial charge in [0.25, 0.3) is 5.91 Å². The van der Waals surface area contributed by atoms with Crippen LogP contribution in [0, 0.1) is 6.92 Å². The van der Waals surface area contributed by atoms with Crippen LogP contribution in [0.3, 0.4) is 0 Å². The number of carbonyl (C=O) groups is 2. The summed E-state index contributed by atoms with van der Waals surface area (Å²) in [6.45, 7) is 1.56. The third-order valence-electron chi connectivity index (χ3n) is 1.71. The van der Waals surface area contributed by atoms with Gasteiger partial charge in [0.2, 0.25) is 0 Å². The van der Waals surface area contributed by atoms with Crippen molar-refractivity contribution in [2.24, 2.45) is 0 Å². The van der Waals surface area contributed by atoms with Gasteiger partial charge in [0, 0.05) is 5.56 Å². The predicted molar refractivity (Wildman–Crippen MR) is 54.8 cm³/mol. The van der Waals surface area contributed by atoms with E-state index in [4.69, 9.17) is 5.11 Å². The van der Waals surface area contributed by atoms with Crippen LogP contribution in [0.15, 0.2) is 24.3 Å². The molecule has 4 N–H and O–H groups in total. The number of hydrogen-bond donors (Lipinski definition) is 2. The minimum atomic E-state index is -1.05. The maximum Gasteiger partial charge on any atom is 0.322 e. The molecule has 0 heterocycles. The Kier molecular flexibility index (Phi) is 5.04. The molecule has 0 saturated carbocycles. The molecule has 0 bridgehead atoms. The molecule has 82 valence electrons. The van der Waals surface area contributed by atoms with Gasteiger partial charge in [-0.1, -0.05) is 17.7 Å². The van der Waals surface area contributed by atoms with E-state index in [0.717, 1.165) is 5.56 Å². The van der Waals surface area contributed by atoms with Gasteiger partial charge in [0.15, 0.2) is 0 Å². The first-order valence-electron chi connectivity index (χ1n) is 4.16. The van der Waals surface area contributed by atoms with Gasteiger partial charge in [0.1, 0.15) is 6.54 Å². The highest BCUT2D eigenvalue weighted by Crippen LogP contribution is 2.02. The quantitative estimate of drug-likeness (QED) is 0.735. The van der Waals surface area contributed by atoms with Crippen molar-refractivity contribution in [2.75, 3.05) is 6.54 Å². The Morgan fingerprint density at radius 3 is 2.27 bits per heavy atom. The van der Waals surface area contributed by atoms with E-state index in [-0.39, 0.29) is 17.9 Å². The van der Waals surface area contributed by atoms with E-state index in [0.29, 0.717) is 5.56 Å². The second-order valence-corrected chi connectivity index (χ2v) is 2.94. The van der Waals surface area contributed by atoms with Crippen LogP contribution >= 0.6 is 0 Å². The van der Waals surface area contributed by atoms with Crippen LogP contribution in [-0.2, 0) is 4.79 Å². The highest BCUT2D eigenvalue weighted by Gasteiger charge is 2.05. The molecule has 0 aliphatic carbocycles. The summed E-state index contributed by atoms with van der Waals surface area (Å²) in [5.74, 6) is -1.42. The van der Waals surface area contributed by atoms with Gasteiger partial charge < -0.3 is 15.9 Å². The van der Waals surface area contributed by atoms with Crippen LogP contribution < -0.4 is 5.32 Å². The van der Waals surface area contributed by atoms with Crippen molar-refractivity contribution >= 4 is 11.9 Å². The molecule has 1 amide bonds. The zero-order chi connectivity index (χ0) is 10.6. The molecule has 0 atom stereocenters. The highest BCUT2D eigenvalue weighted by atomic mass is 16.4. The third-order valence-corrected chi connectivity index (χ3v) is 1.71. The van der Waals surface area contributed by atoms with Crippen molar-refractivity contribution in [1.29, 1.82) is 0 Å². The molecule has 5 heteroatoms. The lowest BCUT2D eigenvalue weighted by atomic mass is 10.1. The molecule has 0 aliphatic heterocycles. The number of carboxylic acids is 1. The number of aryl methyl sites for hydroxylation is 1. The number of aliphatic carboxylic acids is 1. The minimum Gasteiger partial charge on any atom is -0.480 e. The van der Waals surface area contributed by atoms with Crippen molar-refractivity contribution in [2.45, 2.75) is 6.92 Å². The Bertz CT molecular complexity index is 345. The van der Waals surface area contributed by atoms with E-state index in [1.54, 1.807) is 24.3 Å². The van der Waals surface area contributed by atoms with E-state index in [1.165, 1.54) is 0 Å². The van der Waals surface area contributed by atoms with Gasteiger partial charge in [-0.25, -0.2) is 0 Å². The topological polar surface area (TPSA) is 97.9 Å². The summed E-state index contributed by atoms with van der Waals surface area (Å²) in [6, 6.07) is 6.92. The lowest BCUT2D eigenvalue weighted by Crippen LogP contribution is -2.29. The summed E-state index contributed by atoms with van der Waals surface area (Å²) in [6.07, 6.45) is 0. The van der Waals surface area contributed by atoms with Crippen LogP contribution in [0.4, 0.5) is 0 Å². The number of carboxylic acid groups (broad SMARTS) is 1. The lowest BCUT2D eigenvalue weighted by Gasteiger charge is -2.01. The summed E-state index contributed by atoms with van der Waals surface area (Å²) < 4.78 is 0. The Hall–Kier alpha value is -1.88. The van der Waals surface area contributed by atoms with Crippen molar-refractivity contribution in [3.8, 4) is 0 Å². The molecule has 15 heavy (non-hydrogen) atoms. The first-order valence-corrected chi connectivity index (χ1v) is 4.16. The third kappa shape index (κ3) is 4.24. The SMILES string of the molecule is Cc1ccc(C(=O)NCC(=O)O)cc1.O. The number of carbonyl (C=O) groups excluding carboxylic acids is 1. The molecule has 0 radical (unpaired) electrons. The van der Waals surface area contributed by atoms with Gasteiger partial charge in [-0.2, -0.15) is 0 Å². The summed E-state index contributed by atoms with van der Waals surface area (Å²) in [5, 5.41) is 10.6. The maximum atomic E-state index is 11.3. The number of amides is 1. The molecule has 0 unspecified atom stereocenters. The summed E-state index contributed by atoms with van der Waals surface area (Å²) >= 11 is 0. The van der Waals surface area contributed by atoms with Crippen LogP contribution in [0.5, 0.6) is 0 Å². The van der Waals surface area contributed by atoms with Crippen LogP contribution in [0.25, 0.3) is 0 Å². The molecule has 0 spiro atoms. The first kappa shape index (κ1) is 13.1.